The molecule has 18 heavy (non-hydrogen) atoms. The molecule has 0 radical (unpaired) electrons. The van der Waals surface area contributed by atoms with Gasteiger partial charge in [-0.05, 0) is 58.7 Å². The zero-order chi connectivity index (χ0) is 13.3. The third-order valence-electron chi connectivity index (χ3n) is 2.62. The van der Waals surface area contributed by atoms with Crippen LogP contribution in [0.1, 0.15) is 21.5 Å². The number of benzene rings is 2. The monoisotopic (exact) mass is 310 g/mol. The van der Waals surface area contributed by atoms with Gasteiger partial charge in [0.05, 0.1) is 5.56 Å². The molecule has 0 unspecified atom stereocenters. The second-order valence-electron chi connectivity index (χ2n) is 3.89. The lowest BCUT2D eigenvalue weighted by molar-refractivity contribution is 0.103. The van der Waals surface area contributed by atoms with Crippen molar-refractivity contribution in [3.63, 3.8) is 0 Å². The number of hydrogen-bond acceptors (Lipinski definition) is 1. The fourth-order valence-electron chi connectivity index (χ4n) is 1.73. The van der Waals surface area contributed by atoms with E-state index in [9.17, 15) is 13.6 Å². The van der Waals surface area contributed by atoms with E-state index in [4.69, 9.17) is 0 Å². The Balaban J connectivity index is 2.55. The van der Waals surface area contributed by atoms with E-state index in [1.807, 2.05) is 0 Å². The molecule has 4 heteroatoms. The van der Waals surface area contributed by atoms with E-state index in [1.165, 1.54) is 30.3 Å². The van der Waals surface area contributed by atoms with Crippen molar-refractivity contribution in [1.29, 1.82) is 0 Å². The van der Waals surface area contributed by atoms with Crippen molar-refractivity contribution in [3.8, 4) is 0 Å². The van der Waals surface area contributed by atoms with E-state index in [1.54, 1.807) is 13.0 Å². The molecule has 0 heterocycles. The van der Waals surface area contributed by atoms with Gasteiger partial charge < -0.3 is 0 Å². The number of carbonyl (C=O) groups excluding carboxylic acids is 1. The molecule has 0 aliphatic carbocycles. The molecule has 0 aromatic heterocycles. The molecule has 0 bridgehead atoms. The van der Waals surface area contributed by atoms with E-state index in [2.05, 4.69) is 15.9 Å². The van der Waals surface area contributed by atoms with E-state index in [0.29, 0.717) is 15.6 Å². The number of hydrogen-bond donors (Lipinski definition) is 0. The highest BCUT2D eigenvalue weighted by Gasteiger charge is 2.18. The van der Waals surface area contributed by atoms with Crippen LogP contribution in [0.2, 0.25) is 0 Å². The molecular formula is C14H9BrF2O. The molecule has 0 aliphatic rings. The average molecular weight is 311 g/mol. The van der Waals surface area contributed by atoms with Gasteiger partial charge >= 0.3 is 0 Å². The first kappa shape index (κ1) is 12.9. The number of halogens is 3. The van der Waals surface area contributed by atoms with Gasteiger partial charge in [-0.2, -0.15) is 0 Å². The number of ketones is 1. The summed E-state index contributed by atoms with van der Waals surface area (Å²) in [6.45, 7) is 1.62. The fourth-order valence-corrected chi connectivity index (χ4v) is 2.25. The maximum absolute atomic E-state index is 13.7. The highest BCUT2D eigenvalue weighted by molar-refractivity contribution is 9.10. The minimum Gasteiger partial charge on any atom is -0.288 e. The summed E-state index contributed by atoms with van der Waals surface area (Å²) in [5, 5.41) is 0. The molecule has 0 saturated heterocycles. The molecule has 0 fully saturated rings. The fraction of sp³-hybridized carbons (Fsp3) is 0.0714. The molecule has 0 amide bonds. The Morgan fingerprint density at radius 3 is 2.50 bits per heavy atom. The second kappa shape index (κ2) is 4.98. The van der Waals surface area contributed by atoms with Crippen molar-refractivity contribution in [2.24, 2.45) is 0 Å². The summed E-state index contributed by atoms with van der Waals surface area (Å²) in [6, 6.07) is 8.13. The van der Waals surface area contributed by atoms with Gasteiger partial charge in [0.15, 0.2) is 5.78 Å². The van der Waals surface area contributed by atoms with Crippen LogP contribution in [0.4, 0.5) is 8.78 Å². The summed E-state index contributed by atoms with van der Waals surface area (Å²) in [6.07, 6.45) is 0. The molecule has 0 aliphatic heterocycles. The van der Waals surface area contributed by atoms with E-state index >= 15 is 0 Å². The van der Waals surface area contributed by atoms with Crippen LogP contribution in [0.15, 0.2) is 40.9 Å². The minimum absolute atomic E-state index is 0.0350. The Morgan fingerprint density at radius 1 is 1.17 bits per heavy atom. The second-order valence-corrected chi connectivity index (χ2v) is 4.74. The summed E-state index contributed by atoms with van der Waals surface area (Å²) in [4.78, 5) is 12.2. The highest BCUT2D eigenvalue weighted by atomic mass is 79.9. The maximum Gasteiger partial charge on any atom is 0.197 e. The standard InChI is InChI=1S/C14H9BrF2O/c1-8-7-9(16)5-6-10(8)14(18)13-11(15)3-2-4-12(13)17/h2-7H,1H3. The molecule has 92 valence electrons. The van der Waals surface area contributed by atoms with Crippen LogP contribution in [0, 0.1) is 18.6 Å². The van der Waals surface area contributed by atoms with E-state index in [-0.39, 0.29) is 5.56 Å². The summed E-state index contributed by atoms with van der Waals surface area (Å²) < 4.78 is 27.0. The van der Waals surface area contributed by atoms with Gasteiger partial charge in [-0.15, -0.1) is 0 Å². The van der Waals surface area contributed by atoms with Crippen molar-refractivity contribution in [1.82, 2.24) is 0 Å². The molecule has 2 rings (SSSR count). The van der Waals surface area contributed by atoms with Gasteiger partial charge in [0.2, 0.25) is 0 Å². The van der Waals surface area contributed by atoms with Crippen molar-refractivity contribution < 1.29 is 13.6 Å². The lowest BCUT2D eigenvalue weighted by Crippen LogP contribution is -2.07. The molecule has 0 saturated carbocycles. The first-order valence-corrected chi connectivity index (χ1v) is 6.05. The first-order valence-electron chi connectivity index (χ1n) is 5.25. The quantitative estimate of drug-likeness (QED) is 0.757. The SMILES string of the molecule is Cc1cc(F)ccc1C(=O)c1c(F)cccc1Br. The third kappa shape index (κ3) is 2.34. The van der Waals surface area contributed by atoms with Crippen LogP contribution < -0.4 is 0 Å². The van der Waals surface area contributed by atoms with Crippen molar-refractivity contribution >= 4 is 21.7 Å². The highest BCUT2D eigenvalue weighted by Crippen LogP contribution is 2.24. The zero-order valence-corrected chi connectivity index (χ0v) is 11.1. The van der Waals surface area contributed by atoms with Gasteiger partial charge in [-0.1, -0.05) is 6.07 Å². The average Bonchev–Trinajstić information content (AvgIpc) is 2.28. The molecule has 0 N–H and O–H groups in total. The van der Waals surface area contributed by atoms with Gasteiger partial charge in [0.1, 0.15) is 11.6 Å². The van der Waals surface area contributed by atoms with E-state index in [0.717, 1.165) is 0 Å². The zero-order valence-electron chi connectivity index (χ0n) is 9.51. The van der Waals surface area contributed by atoms with Crippen LogP contribution in [0.3, 0.4) is 0 Å². The smallest absolute Gasteiger partial charge is 0.197 e. The van der Waals surface area contributed by atoms with Gasteiger partial charge in [-0.3, -0.25) is 4.79 Å². The molecule has 2 aromatic carbocycles. The van der Waals surface area contributed by atoms with Crippen LogP contribution in [-0.4, -0.2) is 5.78 Å². The molecule has 0 spiro atoms. The third-order valence-corrected chi connectivity index (χ3v) is 3.28. The van der Waals surface area contributed by atoms with Crippen LogP contribution in [0.25, 0.3) is 0 Å². The largest absolute Gasteiger partial charge is 0.288 e. The van der Waals surface area contributed by atoms with Gasteiger partial charge in [0, 0.05) is 10.0 Å². The predicted molar refractivity (Wildman–Crippen MR) is 68.7 cm³/mol. The normalized spacial score (nSPS) is 10.4. The molecular weight excluding hydrogens is 302 g/mol. The van der Waals surface area contributed by atoms with Crippen molar-refractivity contribution in [3.05, 3.63) is 69.2 Å². The molecule has 0 atom stereocenters. The topological polar surface area (TPSA) is 17.1 Å². The number of carbonyl (C=O) groups is 1. The maximum atomic E-state index is 13.7. The van der Waals surface area contributed by atoms with Crippen LogP contribution in [0.5, 0.6) is 0 Å². The Bertz CT molecular complexity index is 603. The molecule has 2 aromatic rings. The summed E-state index contributed by atoms with van der Waals surface area (Å²) in [5.74, 6) is -1.48. The van der Waals surface area contributed by atoms with E-state index < -0.39 is 17.4 Å². The Morgan fingerprint density at radius 2 is 1.89 bits per heavy atom. The molecule has 1 nitrogen and oxygen atoms in total. The Labute approximate surface area is 112 Å². The lowest BCUT2D eigenvalue weighted by atomic mass is 9.99. The summed E-state index contributed by atoms with van der Waals surface area (Å²) >= 11 is 3.15. The Hall–Kier alpha value is -1.55. The first-order chi connectivity index (χ1) is 8.50. The van der Waals surface area contributed by atoms with Crippen molar-refractivity contribution in [2.45, 2.75) is 6.92 Å². The lowest BCUT2D eigenvalue weighted by Gasteiger charge is -2.07. The summed E-state index contributed by atoms with van der Waals surface area (Å²) in [5.41, 5.74) is 0.740. The van der Waals surface area contributed by atoms with Crippen LogP contribution in [-0.2, 0) is 0 Å². The number of aryl methyl sites for hydroxylation is 1. The Kier molecular flexibility index (Phi) is 3.57. The van der Waals surface area contributed by atoms with Gasteiger partial charge in [0.25, 0.3) is 0 Å². The summed E-state index contributed by atoms with van der Waals surface area (Å²) in [7, 11) is 0. The minimum atomic E-state index is -0.599. The number of rotatable bonds is 2. The van der Waals surface area contributed by atoms with Gasteiger partial charge in [-0.25, -0.2) is 8.78 Å². The predicted octanol–water partition coefficient (Wildman–Crippen LogP) is 4.27. The van der Waals surface area contributed by atoms with Crippen LogP contribution >= 0.6 is 15.9 Å². The van der Waals surface area contributed by atoms with Crippen molar-refractivity contribution in [2.75, 3.05) is 0 Å².